The van der Waals surface area contributed by atoms with Crippen LogP contribution in [-0.4, -0.2) is 45.2 Å². The Morgan fingerprint density at radius 1 is 1.52 bits per heavy atom. The molecule has 0 bridgehead atoms. The first-order valence-electron chi connectivity index (χ1n) is 8.01. The van der Waals surface area contributed by atoms with E-state index in [2.05, 4.69) is 9.97 Å². The first-order valence-corrected chi connectivity index (χ1v) is 9.88. The zero-order valence-corrected chi connectivity index (χ0v) is 16.9. The van der Waals surface area contributed by atoms with Gasteiger partial charge in [-0.15, -0.1) is 35.5 Å². The molecule has 0 radical (unpaired) electrons. The molecule has 1 amide bonds. The van der Waals surface area contributed by atoms with Crippen LogP contribution in [0.2, 0.25) is 0 Å². The highest BCUT2D eigenvalue weighted by Crippen LogP contribution is 2.27. The van der Waals surface area contributed by atoms with E-state index in [1.54, 1.807) is 0 Å². The Hall–Kier alpha value is -1.09. The van der Waals surface area contributed by atoms with Crippen molar-refractivity contribution in [3.63, 3.8) is 0 Å². The number of hydrogen-bond acceptors (Lipinski definition) is 6. The Labute approximate surface area is 161 Å². The summed E-state index contributed by atoms with van der Waals surface area (Å²) in [5.74, 6) is 1.24. The molecule has 1 unspecified atom stereocenters. The van der Waals surface area contributed by atoms with Crippen LogP contribution in [0.25, 0.3) is 10.2 Å². The van der Waals surface area contributed by atoms with Crippen molar-refractivity contribution in [2.24, 2.45) is 5.73 Å². The molecule has 3 rings (SSSR count). The predicted octanol–water partition coefficient (Wildman–Crippen LogP) is 2.20. The number of nitrogens with zero attached hydrogens (tertiary/aromatic N) is 2. The Bertz CT molecular complexity index is 835. The lowest BCUT2D eigenvalue weighted by atomic mass is 10.2. The van der Waals surface area contributed by atoms with E-state index in [9.17, 15) is 9.59 Å². The molecule has 1 aliphatic heterocycles. The molecule has 0 aromatic carbocycles. The molecule has 138 valence electrons. The maximum absolute atomic E-state index is 12.4. The number of nitrogens with one attached hydrogen (secondary N) is 1. The molecule has 2 aromatic heterocycles. The number of aromatic amines is 1. The molecule has 3 heterocycles. The second kappa shape index (κ2) is 8.07. The van der Waals surface area contributed by atoms with Gasteiger partial charge in [0.1, 0.15) is 10.7 Å². The third-order valence-corrected chi connectivity index (χ3v) is 6.69. The Morgan fingerprint density at radius 3 is 2.88 bits per heavy atom. The molecular weight excluding hydrogens is 380 g/mol. The second-order valence-electron chi connectivity index (χ2n) is 6.26. The number of halogens is 1. The van der Waals surface area contributed by atoms with Crippen LogP contribution >= 0.6 is 35.5 Å². The van der Waals surface area contributed by atoms with E-state index in [0.29, 0.717) is 23.5 Å². The molecule has 1 saturated heterocycles. The Morgan fingerprint density at radius 2 is 2.24 bits per heavy atom. The van der Waals surface area contributed by atoms with E-state index >= 15 is 0 Å². The number of fused-ring (bicyclic) bond motifs is 1. The van der Waals surface area contributed by atoms with Gasteiger partial charge in [-0.25, -0.2) is 4.98 Å². The summed E-state index contributed by atoms with van der Waals surface area (Å²) in [5, 5.41) is 0.504. The Kier molecular flexibility index (Phi) is 6.53. The average molecular weight is 403 g/mol. The van der Waals surface area contributed by atoms with E-state index in [0.717, 1.165) is 28.2 Å². The topological polar surface area (TPSA) is 92.1 Å². The molecule has 25 heavy (non-hydrogen) atoms. The number of rotatable bonds is 4. The minimum atomic E-state index is -0.178. The quantitative estimate of drug-likeness (QED) is 0.817. The van der Waals surface area contributed by atoms with Gasteiger partial charge in [0.15, 0.2) is 0 Å². The number of nitrogens with two attached hydrogens (primary N) is 1. The molecule has 2 atom stereocenters. The molecule has 0 spiro atoms. The molecule has 9 heteroatoms. The van der Waals surface area contributed by atoms with Crippen molar-refractivity contribution < 1.29 is 4.79 Å². The standard InChI is InChI=1S/C16H22N4O2S2.ClH/c1-8-9(2)24-15-13(8)14(21)18-12(19-15)7-23-10(3)16(22)20-5-4-11(17)6-20;/h10-11H,4-7,17H2,1-3H3,(H,18,19,21);1H/t10?,11-;/m1./s1. The van der Waals surface area contributed by atoms with Gasteiger partial charge < -0.3 is 15.6 Å². The lowest BCUT2D eigenvalue weighted by molar-refractivity contribution is -0.129. The number of likely N-dealkylation sites (tertiary alicyclic amines) is 1. The lowest BCUT2D eigenvalue weighted by Gasteiger charge is -2.20. The van der Waals surface area contributed by atoms with E-state index in [4.69, 9.17) is 5.73 Å². The maximum atomic E-state index is 12.4. The molecule has 1 aliphatic rings. The maximum Gasteiger partial charge on any atom is 0.259 e. The highest BCUT2D eigenvalue weighted by atomic mass is 35.5. The normalized spacial score (nSPS) is 18.4. The minimum absolute atomic E-state index is 0. The zero-order valence-electron chi connectivity index (χ0n) is 14.5. The van der Waals surface area contributed by atoms with E-state index < -0.39 is 0 Å². The monoisotopic (exact) mass is 402 g/mol. The third-order valence-electron chi connectivity index (χ3n) is 4.44. The van der Waals surface area contributed by atoms with E-state index in [-0.39, 0.29) is 35.2 Å². The van der Waals surface area contributed by atoms with Crippen LogP contribution in [-0.2, 0) is 10.5 Å². The van der Waals surface area contributed by atoms with Crippen LogP contribution in [0.5, 0.6) is 0 Å². The first-order chi connectivity index (χ1) is 11.4. The number of aromatic nitrogens is 2. The molecular formula is C16H23ClN4O2S2. The summed E-state index contributed by atoms with van der Waals surface area (Å²) in [6.07, 6.45) is 0.867. The summed E-state index contributed by atoms with van der Waals surface area (Å²) < 4.78 is 0. The van der Waals surface area contributed by atoms with Crippen molar-refractivity contribution in [1.29, 1.82) is 0 Å². The van der Waals surface area contributed by atoms with Gasteiger partial charge in [0.2, 0.25) is 5.91 Å². The van der Waals surface area contributed by atoms with Crippen molar-refractivity contribution in [2.45, 2.75) is 44.2 Å². The number of H-pyrrole nitrogens is 1. The van der Waals surface area contributed by atoms with Gasteiger partial charge in [-0.3, -0.25) is 9.59 Å². The Balaban J connectivity index is 0.00000225. The summed E-state index contributed by atoms with van der Waals surface area (Å²) >= 11 is 3.03. The number of aryl methyl sites for hydroxylation is 2. The number of thioether (sulfide) groups is 1. The highest BCUT2D eigenvalue weighted by Gasteiger charge is 2.27. The number of amides is 1. The number of carbonyl (C=O) groups is 1. The van der Waals surface area contributed by atoms with Gasteiger partial charge in [0.05, 0.1) is 16.4 Å². The van der Waals surface area contributed by atoms with E-state index in [1.807, 2.05) is 25.7 Å². The van der Waals surface area contributed by atoms with Crippen LogP contribution in [0.3, 0.4) is 0 Å². The van der Waals surface area contributed by atoms with Crippen LogP contribution in [0.15, 0.2) is 4.79 Å². The fourth-order valence-corrected chi connectivity index (χ4v) is 4.77. The van der Waals surface area contributed by atoms with Gasteiger partial charge in [-0.05, 0) is 32.8 Å². The summed E-state index contributed by atoms with van der Waals surface area (Å²) in [7, 11) is 0. The van der Waals surface area contributed by atoms with Crippen LogP contribution < -0.4 is 11.3 Å². The van der Waals surface area contributed by atoms with Gasteiger partial charge in [0.25, 0.3) is 5.56 Å². The van der Waals surface area contributed by atoms with Crippen molar-refractivity contribution in [3.8, 4) is 0 Å². The first kappa shape index (κ1) is 20.2. The number of carbonyl (C=O) groups excluding carboxylic acids is 1. The van der Waals surface area contributed by atoms with E-state index in [1.165, 1.54) is 23.1 Å². The fraction of sp³-hybridized carbons (Fsp3) is 0.562. The number of thiophene rings is 1. The summed E-state index contributed by atoms with van der Waals surface area (Å²) in [5.41, 5.74) is 6.76. The van der Waals surface area contributed by atoms with Crippen LogP contribution in [0.1, 0.15) is 29.6 Å². The van der Waals surface area contributed by atoms with Crippen molar-refractivity contribution in [3.05, 3.63) is 26.6 Å². The zero-order chi connectivity index (χ0) is 17.4. The minimum Gasteiger partial charge on any atom is -0.340 e. The van der Waals surface area contributed by atoms with Gasteiger partial charge in [0, 0.05) is 24.0 Å². The van der Waals surface area contributed by atoms with Crippen molar-refractivity contribution in [2.75, 3.05) is 13.1 Å². The summed E-state index contributed by atoms with van der Waals surface area (Å²) in [6, 6.07) is 0.0943. The molecule has 6 nitrogen and oxygen atoms in total. The van der Waals surface area contributed by atoms with Gasteiger partial charge in [-0.2, -0.15) is 0 Å². The van der Waals surface area contributed by atoms with Gasteiger partial charge >= 0.3 is 0 Å². The average Bonchev–Trinajstić information content (AvgIpc) is 3.08. The molecule has 0 aliphatic carbocycles. The third kappa shape index (κ3) is 4.19. The summed E-state index contributed by atoms with van der Waals surface area (Å²) in [6.45, 7) is 7.21. The highest BCUT2D eigenvalue weighted by molar-refractivity contribution is 7.99. The van der Waals surface area contributed by atoms with Gasteiger partial charge in [-0.1, -0.05) is 0 Å². The molecule has 3 N–H and O–H groups in total. The fourth-order valence-electron chi connectivity index (χ4n) is 2.89. The molecule has 0 saturated carbocycles. The van der Waals surface area contributed by atoms with Crippen LogP contribution in [0.4, 0.5) is 0 Å². The lowest BCUT2D eigenvalue weighted by Crippen LogP contribution is -2.36. The smallest absolute Gasteiger partial charge is 0.259 e. The second-order valence-corrected chi connectivity index (χ2v) is 8.79. The predicted molar refractivity (Wildman–Crippen MR) is 107 cm³/mol. The van der Waals surface area contributed by atoms with Crippen molar-refractivity contribution >= 4 is 51.6 Å². The molecule has 2 aromatic rings. The number of hydrogen-bond donors (Lipinski definition) is 2. The van der Waals surface area contributed by atoms with Crippen molar-refractivity contribution in [1.82, 2.24) is 14.9 Å². The molecule has 1 fully saturated rings. The SMILES string of the molecule is Cc1sc2nc(CSC(C)C(=O)N3CC[C@@H](N)C3)[nH]c(=O)c2c1C.Cl. The summed E-state index contributed by atoms with van der Waals surface area (Å²) in [4.78, 5) is 35.8. The van der Waals surface area contributed by atoms with Crippen LogP contribution in [0, 0.1) is 13.8 Å². The largest absolute Gasteiger partial charge is 0.340 e.